The number of hydrogen-bond donors (Lipinski definition) is 2. The van der Waals surface area contributed by atoms with Crippen LogP contribution in [0, 0.1) is 5.92 Å². The summed E-state index contributed by atoms with van der Waals surface area (Å²) >= 11 is 0. The summed E-state index contributed by atoms with van der Waals surface area (Å²) in [4.78, 5) is 12.4. The van der Waals surface area contributed by atoms with E-state index in [1.54, 1.807) is 32.0 Å². The van der Waals surface area contributed by atoms with Crippen LogP contribution in [0.15, 0.2) is 64.4 Å². The summed E-state index contributed by atoms with van der Waals surface area (Å²) in [6, 6.07) is 12.1. The number of rotatable bonds is 10. The lowest BCUT2D eigenvalue weighted by Gasteiger charge is -2.21. The number of sulfonamides is 2. The van der Waals surface area contributed by atoms with Gasteiger partial charge >= 0.3 is 5.97 Å². The molecule has 1 atom stereocenters. The predicted octanol–water partition coefficient (Wildman–Crippen LogP) is 1.26. The topological polar surface area (TPSA) is 142 Å². The standard InChI is InChI=1S/C19H24N2O7S2/c1-14(2)18(21-30(25,26)17-6-4-3-5-7-17)19(22)28-13-12-27-15-8-10-16(11-9-15)29(20,23)24/h3-11,14,18,21H,12-13H2,1-2H3,(H2,20,23,24)/t18-/m0/s1. The Morgan fingerprint density at radius 3 is 2.07 bits per heavy atom. The molecule has 0 bridgehead atoms. The normalized spacial score (nSPS) is 13.1. The van der Waals surface area contributed by atoms with Gasteiger partial charge in [-0.1, -0.05) is 32.0 Å². The van der Waals surface area contributed by atoms with E-state index in [0.717, 1.165) is 0 Å². The van der Waals surface area contributed by atoms with Crippen LogP contribution in [-0.2, 0) is 29.6 Å². The summed E-state index contributed by atoms with van der Waals surface area (Å²) in [5.74, 6) is -0.705. The average molecular weight is 457 g/mol. The van der Waals surface area contributed by atoms with Crippen molar-refractivity contribution in [3.05, 3.63) is 54.6 Å². The maximum atomic E-state index is 12.5. The number of nitrogens with two attached hydrogens (primary N) is 1. The van der Waals surface area contributed by atoms with Crippen LogP contribution >= 0.6 is 0 Å². The van der Waals surface area contributed by atoms with Crippen LogP contribution in [0.1, 0.15) is 13.8 Å². The van der Waals surface area contributed by atoms with Gasteiger partial charge in [-0.25, -0.2) is 22.0 Å². The van der Waals surface area contributed by atoms with Crippen LogP contribution in [0.5, 0.6) is 5.75 Å². The highest BCUT2D eigenvalue weighted by molar-refractivity contribution is 7.89. The molecule has 0 radical (unpaired) electrons. The Morgan fingerprint density at radius 2 is 1.53 bits per heavy atom. The average Bonchev–Trinajstić information content (AvgIpc) is 2.69. The molecule has 164 valence electrons. The molecule has 0 heterocycles. The van der Waals surface area contributed by atoms with E-state index < -0.39 is 32.1 Å². The molecule has 3 N–H and O–H groups in total. The molecule has 9 nitrogen and oxygen atoms in total. The molecule has 0 aliphatic rings. The smallest absolute Gasteiger partial charge is 0.324 e. The van der Waals surface area contributed by atoms with Gasteiger partial charge in [0.1, 0.15) is 25.0 Å². The molecule has 0 aromatic heterocycles. The van der Waals surface area contributed by atoms with Crippen LogP contribution in [0.25, 0.3) is 0 Å². The van der Waals surface area contributed by atoms with Gasteiger partial charge in [-0.3, -0.25) is 4.79 Å². The molecule has 0 spiro atoms. The molecule has 0 fully saturated rings. The number of carbonyl (C=O) groups excluding carboxylic acids is 1. The highest BCUT2D eigenvalue weighted by Gasteiger charge is 2.29. The minimum Gasteiger partial charge on any atom is -0.490 e. The van der Waals surface area contributed by atoms with Gasteiger partial charge < -0.3 is 9.47 Å². The number of hydrogen-bond acceptors (Lipinski definition) is 7. The Bertz CT molecular complexity index is 1050. The minimum atomic E-state index is -3.88. The van der Waals surface area contributed by atoms with E-state index in [2.05, 4.69) is 4.72 Å². The second kappa shape index (κ2) is 10.0. The lowest BCUT2D eigenvalue weighted by Crippen LogP contribution is -2.45. The van der Waals surface area contributed by atoms with Crippen LogP contribution in [0.4, 0.5) is 0 Å². The lowest BCUT2D eigenvalue weighted by molar-refractivity contribution is -0.147. The van der Waals surface area contributed by atoms with Crippen LogP contribution in [0.2, 0.25) is 0 Å². The number of carbonyl (C=O) groups is 1. The van der Waals surface area contributed by atoms with E-state index in [1.165, 1.54) is 36.4 Å². The highest BCUT2D eigenvalue weighted by Crippen LogP contribution is 2.15. The van der Waals surface area contributed by atoms with Crippen molar-refractivity contribution in [2.75, 3.05) is 13.2 Å². The Morgan fingerprint density at radius 1 is 0.933 bits per heavy atom. The van der Waals surface area contributed by atoms with E-state index in [1.807, 2.05) is 0 Å². The molecule has 0 aliphatic heterocycles. The van der Waals surface area contributed by atoms with Gasteiger partial charge in [-0.05, 0) is 42.3 Å². The fourth-order valence-electron chi connectivity index (χ4n) is 2.41. The Hall–Kier alpha value is -2.47. The molecule has 0 saturated carbocycles. The summed E-state index contributed by atoms with van der Waals surface area (Å²) in [6.07, 6.45) is 0. The zero-order valence-corrected chi connectivity index (χ0v) is 18.1. The summed E-state index contributed by atoms with van der Waals surface area (Å²) < 4.78 is 60.3. The van der Waals surface area contributed by atoms with Gasteiger partial charge in [0.05, 0.1) is 9.79 Å². The SMILES string of the molecule is CC(C)[C@H](NS(=O)(=O)c1ccccc1)C(=O)OCCOc1ccc(S(N)(=O)=O)cc1. The lowest BCUT2D eigenvalue weighted by atomic mass is 10.1. The molecule has 2 aromatic carbocycles. The van der Waals surface area contributed by atoms with E-state index in [-0.39, 0.29) is 28.9 Å². The van der Waals surface area contributed by atoms with E-state index in [9.17, 15) is 21.6 Å². The maximum Gasteiger partial charge on any atom is 0.324 e. The molecular formula is C19H24N2O7S2. The van der Waals surface area contributed by atoms with E-state index in [0.29, 0.717) is 5.75 Å². The van der Waals surface area contributed by atoms with Gasteiger partial charge in [0.15, 0.2) is 0 Å². The Labute approximate surface area is 176 Å². The van der Waals surface area contributed by atoms with Crippen molar-refractivity contribution < 1.29 is 31.1 Å². The third-order valence-corrected chi connectivity index (χ3v) is 6.39. The second-order valence-corrected chi connectivity index (χ2v) is 9.96. The third kappa shape index (κ3) is 6.80. The van der Waals surface area contributed by atoms with Crippen molar-refractivity contribution in [3.63, 3.8) is 0 Å². The number of ether oxygens (including phenoxy) is 2. The highest BCUT2D eigenvalue weighted by atomic mass is 32.2. The van der Waals surface area contributed by atoms with Crippen LogP contribution in [0.3, 0.4) is 0 Å². The largest absolute Gasteiger partial charge is 0.490 e. The molecule has 2 rings (SSSR count). The summed E-state index contributed by atoms with van der Waals surface area (Å²) in [5.41, 5.74) is 0. The van der Waals surface area contributed by atoms with E-state index >= 15 is 0 Å². The molecule has 0 amide bonds. The van der Waals surface area contributed by atoms with Crippen molar-refractivity contribution in [3.8, 4) is 5.75 Å². The Balaban J connectivity index is 1.90. The zero-order chi connectivity index (χ0) is 22.4. The quantitative estimate of drug-likeness (QED) is 0.405. The summed E-state index contributed by atoms with van der Waals surface area (Å²) in [7, 11) is -7.67. The number of benzene rings is 2. The number of nitrogens with one attached hydrogen (secondary N) is 1. The number of primary sulfonamides is 1. The fourth-order valence-corrected chi connectivity index (χ4v) is 4.28. The maximum absolute atomic E-state index is 12.5. The molecule has 11 heteroatoms. The molecule has 2 aromatic rings. The zero-order valence-electron chi connectivity index (χ0n) is 16.5. The monoisotopic (exact) mass is 456 g/mol. The number of esters is 1. The van der Waals surface area contributed by atoms with Gasteiger partial charge in [0.25, 0.3) is 0 Å². The summed E-state index contributed by atoms with van der Waals surface area (Å²) in [6.45, 7) is 3.27. The first-order chi connectivity index (χ1) is 14.0. The molecule has 0 saturated heterocycles. The third-order valence-electron chi connectivity index (χ3n) is 4.00. The second-order valence-electron chi connectivity index (χ2n) is 6.69. The van der Waals surface area contributed by atoms with Gasteiger partial charge in [0.2, 0.25) is 20.0 Å². The Kier molecular flexibility index (Phi) is 7.96. The first kappa shape index (κ1) is 23.8. The molecule has 30 heavy (non-hydrogen) atoms. The van der Waals surface area contributed by atoms with E-state index in [4.69, 9.17) is 14.6 Å². The molecule has 0 unspecified atom stereocenters. The van der Waals surface area contributed by atoms with Gasteiger partial charge in [-0.2, -0.15) is 4.72 Å². The summed E-state index contributed by atoms with van der Waals surface area (Å²) in [5, 5.41) is 5.02. The van der Waals surface area contributed by atoms with Crippen molar-refractivity contribution in [1.29, 1.82) is 0 Å². The van der Waals surface area contributed by atoms with Gasteiger partial charge in [-0.15, -0.1) is 0 Å². The van der Waals surface area contributed by atoms with Crippen LogP contribution < -0.4 is 14.6 Å². The fraction of sp³-hybridized carbons (Fsp3) is 0.316. The first-order valence-corrected chi connectivity index (χ1v) is 12.0. The first-order valence-electron chi connectivity index (χ1n) is 9.00. The van der Waals surface area contributed by atoms with Gasteiger partial charge in [0, 0.05) is 0 Å². The molecule has 0 aliphatic carbocycles. The minimum absolute atomic E-state index is 0.00326. The van der Waals surface area contributed by atoms with Crippen molar-refractivity contribution in [2.45, 2.75) is 29.7 Å². The van der Waals surface area contributed by atoms with Crippen molar-refractivity contribution in [1.82, 2.24) is 4.72 Å². The van der Waals surface area contributed by atoms with Crippen LogP contribution in [-0.4, -0.2) is 42.1 Å². The van der Waals surface area contributed by atoms with Crippen molar-refractivity contribution in [2.24, 2.45) is 11.1 Å². The molecular weight excluding hydrogens is 432 g/mol. The van der Waals surface area contributed by atoms with Crippen molar-refractivity contribution >= 4 is 26.0 Å². The predicted molar refractivity (Wildman–Crippen MR) is 110 cm³/mol.